The number of carbonyl (C=O) groups is 3. The normalized spacial score (nSPS) is 16.4. The topological polar surface area (TPSA) is 94.2 Å². The van der Waals surface area contributed by atoms with Crippen LogP contribution in [0.15, 0.2) is 17.7 Å². The fraction of sp³-hybridized carbons (Fsp3) is 0.267. The molecule has 122 valence electrons. The Morgan fingerprint density at radius 2 is 1.65 bits per heavy atom. The predicted molar refractivity (Wildman–Crippen MR) is 80.4 cm³/mol. The number of hydrogen-bond acceptors (Lipinski definition) is 6. The lowest BCUT2D eigenvalue weighted by atomic mass is 10.1. The smallest absolute Gasteiger partial charge is 0.331 e. The lowest BCUT2D eigenvalue weighted by molar-refractivity contribution is -0.129. The number of urea groups is 1. The second-order valence-corrected chi connectivity index (χ2v) is 4.61. The largest absolute Gasteiger partial charge is 0.493 e. The van der Waals surface area contributed by atoms with E-state index in [2.05, 4.69) is 5.32 Å². The van der Waals surface area contributed by atoms with Gasteiger partial charge in [0.1, 0.15) is 5.57 Å². The van der Waals surface area contributed by atoms with Gasteiger partial charge in [0.15, 0.2) is 11.5 Å². The molecule has 1 aliphatic heterocycles. The van der Waals surface area contributed by atoms with Crippen molar-refractivity contribution in [2.45, 2.75) is 0 Å². The van der Waals surface area contributed by atoms with Crippen LogP contribution < -0.4 is 19.5 Å². The highest BCUT2D eigenvalue weighted by atomic mass is 16.5. The van der Waals surface area contributed by atoms with Gasteiger partial charge in [0, 0.05) is 12.6 Å². The summed E-state index contributed by atoms with van der Waals surface area (Å²) >= 11 is 0. The summed E-state index contributed by atoms with van der Waals surface area (Å²) in [4.78, 5) is 36.2. The number of likely N-dealkylation sites (N-methyl/N-ethyl adjacent to an activating group) is 1. The number of imide groups is 2. The van der Waals surface area contributed by atoms with Gasteiger partial charge in [-0.25, -0.2) is 4.79 Å². The van der Waals surface area contributed by atoms with Crippen LogP contribution in [0, 0.1) is 0 Å². The molecule has 1 saturated heterocycles. The van der Waals surface area contributed by atoms with Gasteiger partial charge in [0.25, 0.3) is 11.8 Å². The summed E-state index contributed by atoms with van der Waals surface area (Å²) in [5.41, 5.74) is 0.254. The van der Waals surface area contributed by atoms with Gasteiger partial charge in [0.2, 0.25) is 5.75 Å². The third-order valence-electron chi connectivity index (χ3n) is 3.34. The maximum absolute atomic E-state index is 12.1. The van der Waals surface area contributed by atoms with Crippen LogP contribution in [-0.2, 0) is 9.59 Å². The number of nitrogens with one attached hydrogen (secondary N) is 1. The minimum absolute atomic E-state index is 0.183. The van der Waals surface area contributed by atoms with Gasteiger partial charge in [-0.1, -0.05) is 0 Å². The van der Waals surface area contributed by atoms with Crippen LogP contribution in [0.2, 0.25) is 0 Å². The Morgan fingerprint density at radius 3 is 2.22 bits per heavy atom. The summed E-state index contributed by atoms with van der Waals surface area (Å²) in [7, 11) is 5.64. The first-order valence-corrected chi connectivity index (χ1v) is 6.58. The van der Waals surface area contributed by atoms with E-state index in [1.165, 1.54) is 34.5 Å². The van der Waals surface area contributed by atoms with Crippen molar-refractivity contribution >= 4 is 23.9 Å². The number of methoxy groups -OCH3 is 3. The first-order chi connectivity index (χ1) is 10.9. The molecule has 1 N–H and O–H groups in total. The number of nitrogens with zero attached hydrogens (tertiary/aromatic N) is 1. The van der Waals surface area contributed by atoms with Crippen LogP contribution in [-0.4, -0.2) is 51.1 Å². The Hall–Kier alpha value is -3.03. The molecule has 1 aromatic carbocycles. The lowest BCUT2D eigenvalue weighted by Gasteiger charge is -2.22. The van der Waals surface area contributed by atoms with Crippen molar-refractivity contribution in [3.63, 3.8) is 0 Å². The summed E-state index contributed by atoms with van der Waals surface area (Å²) in [6, 6.07) is 2.47. The summed E-state index contributed by atoms with van der Waals surface area (Å²) in [5, 5.41) is 2.08. The molecular formula is C15H16N2O6. The molecule has 0 radical (unpaired) electrons. The second-order valence-electron chi connectivity index (χ2n) is 4.61. The van der Waals surface area contributed by atoms with Gasteiger partial charge in [-0.05, 0) is 18.2 Å². The fourth-order valence-electron chi connectivity index (χ4n) is 2.14. The Labute approximate surface area is 132 Å². The minimum atomic E-state index is -0.769. The van der Waals surface area contributed by atoms with E-state index in [1.54, 1.807) is 12.1 Å². The Kier molecular flexibility index (Phi) is 4.54. The van der Waals surface area contributed by atoms with Crippen LogP contribution in [0.4, 0.5) is 4.79 Å². The third kappa shape index (κ3) is 2.83. The molecule has 8 nitrogen and oxygen atoms in total. The highest BCUT2D eigenvalue weighted by Gasteiger charge is 2.33. The van der Waals surface area contributed by atoms with Crippen molar-refractivity contribution in [2.24, 2.45) is 0 Å². The van der Waals surface area contributed by atoms with E-state index < -0.39 is 17.8 Å². The van der Waals surface area contributed by atoms with E-state index in [-0.39, 0.29) is 5.57 Å². The molecule has 0 aliphatic carbocycles. The Bertz CT molecular complexity index is 710. The fourth-order valence-corrected chi connectivity index (χ4v) is 2.14. The average Bonchev–Trinajstić information content (AvgIpc) is 2.55. The molecule has 0 aromatic heterocycles. The van der Waals surface area contributed by atoms with E-state index >= 15 is 0 Å². The van der Waals surface area contributed by atoms with Gasteiger partial charge in [-0.3, -0.25) is 19.8 Å². The number of rotatable bonds is 4. The standard InChI is InChI=1S/C15H16N2O6/c1-17-14(19)9(13(18)16-15(17)20)7-8-5-6-10(21-2)12(23-4)11(8)22-3/h5-7H,1-4H3,(H,16,18,20)/b9-7+. The van der Waals surface area contributed by atoms with Gasteiger partial charge < -0.3 is 14.2 Å². The van der Waals surface area contributed by atoms with Gasteiger partial charge >= 0.3 is 6.03 Å². The van der Waals surface area contributed by atoms with Gasteiger partial charge in [-0.2, -0.15) is 0 Å². The molecule has 4 amide bonds. The molecule has 2 rings (SSSR count). The van der Waals surface area contributed by atoms with Gasteiger partial charge in [-0.15, -0.1) is 0 Å². The molecule has 0 spiro atoms. The summed E-state index contributed by atoms with van der Waals surface area (Å²) in [6.45, 7) is 0. The molecule has 8 heteroatoms. The molecule has 1 heterocycles. The number of barbiturate groups is 1. The Morgan fingerprint density at radius 1 is 1.00 bits per heavy atom. The summed E-state index contributed by atoms with van der Waals surface area (Å²) in [6.07, 6.45) is 1.33. The van der Waals surface area contributed by atoms with E-state index in [4.69, 9.17) is 14.2 Å². The molecule has 23 heavy (non-hydrogen) atoms. The summed E-state index contributed by atoms with van der Waals surface area (Å²) in [5.74, 6) is -0.388. The third-order valence-corrected chi connectivity index (χ3v) is 3.34. The first-order valence-electron chi connectivity index (χ1n) is 6.58. The van der Waals surface area contributed by atoms with Crippen molar-refractivity contribution in [3.8, 4) is 17.2 Å². The molecule has 1 aliphatic rings. The van der Waals surface area contributed by atoms with Crippen LogP contribution in [0.5, 0.6) is 17.2 Å². The molecule has 0 unspecified atom stereocenters. The lowest BCUT2D eigenvalue weighted by Crippen LogP contribution is -2.52. The van der Waals surface area contributed by atoms with Crippen molar-refractivity contribution in [1.82, 2.24) is 10.2 Å². The first kappa shape index (κ1) is 16.3. The molecule has 1 aromatic rings. The maximum atomic E-state index is 12.1. The van der Waals surface area contributed by atoms with Crippen LogP contribution in [0.25, 0.3) is 6.08 Å². The van der Waals surface area contributed by atoms with Crippen molar-refractivity contribution in [1.29, 1.82) is 0 Å². The zero-order valence-electron chi connectivity index (χ0n) is 13.1. The quantitative estimate of drug-likeness (QED) is 0.651. The van der Waals surface area contributed by atoms with E-state index in [1.807, 2.05) is 0 Å². The molecule has 0 atom stereocenters. The molecule has 0 bridgehead atoms. The molecular weight excluding hydrogens is 304 g/mol. The number of benzene rings is 1. The Balaban J connectivity index is 2.56. The molecule has 0 saturated carbocycles. The minimum Gasteiger partial charge on any atom is -0.493 e. The van der Waals surface area contributed by atoms with E-state index in [9.17, 15) is 14.4 Å². The highest BCUT2D eigenvalue weighted by molar-refractivity contribution is 6.30. The van der Waals surface area contributed by atoms with Crippen LogP contribution >= 0.6 is 0 Å². The zero-order chi connectivity index (χ0) is 17.1. The van der Waals surface area contributed by atoms with E-state index in [0.29, 0.717) is 22.8 Å². The maximum Gasteiger partial charge on any atom is 0.331 e. The monoisotopic (exact) mass is 320 g/mol. The average molecular weight is 320 g/mol. The van der Waals surface area contributed by atoms with Crippen molar-refractivity contribution < 1.29 is 28.6 Å². The number of hydrogen-bond donors (Lipinski definition) is 1. The van der Waals surface area contributed by atoms with Crippen molar-refractivity contribution in [3.05, 3.63) is 23.3 Å². The van der Waals surface area contributed by atoms with Crippen molar-refractivity contribution in [2.75, 3.05) is 28.4 Å². The SMILES string of the molecule is COc1ccc(/C=C2\C(=O)NC(=O)N(C)C2=O)c(OC)c1OC. The van der Waals surface area contributed by atoms with Crippen LogP contribution in [0.1, 0.15) is 5.56 Å². The summed E-state index contributed by atoms with van der Waals surface area (Å²) < 4.78 is 15.7. The predicted octanol–water partition coefficient (Wildman–Crippen LogP) is 0.804. The number of amides is 4. The van der Waals surface area contributed by atoms with E-state index in [0.717, 1.165) is 4.90 Å². The highest BCUT2D eigenvalue weighted by Crippen LogP contribution is 2.40. The van der Waals surface area contributed by atoms with Crippen LogP contribution in [0.3, 0.4) is 0 Å². The molecule has 1 fully saturated rings. The second kappa shape index (κ2) is 6.39. The van der Waals surface area contributed by atoms with Gasteiger partial charge in [0.05, 0.1) is 21.3 Å². The number of ether oxygens (including phenoxy) is 3. The zero-order valence-corrected chi connectivity index (χ0v) is 13.1. The number of carbonyl (C=O) groups excluding carboxylic acids is 3.